The number of carbonyl (C=O) groups is 3. The lowest BCUT2D eigenvalue weighted by molar-refractivity contribution is -0.287. The first-order valence-electron chi connectivity index (χ1n) is 12.0. The lowest BCUT2D eigenvalue weighted by atomic mass is 9.99. The van der Waals surface area contributed by atoms with Gasteiger partial charge in [-0.15, -0.1) is 0 Å². The van der Waals surface area contributed by atoms with Gasteiger partial charge in [-0.2, -0.15) is 0 Å². The van der Waals surface area contributed by atoms with Crippen molar-refractivity contribution in [3.05, 3.63) is 29.8 Å². The van der Waals surface area contributed by atoms with Gasteiger partial charge in [0.2, 0.25) is 0 Å². The molecule has 5 unspecified atom stereocenters. The zero-order valence-corrected chi connectivity index (χ0v) is 22.2. The minimum absolute atomic E-state index is 0.0527. The van der Waals surface area contributed by atoms with Crippen molar-refractivity contribution in [2.75, 3.05) is 6.61 Å². The lowest BCUT2D eigenvalue weighted by Crippen LogP contribution is -2.59. The minimum Gasteiger partial charge on any atom is -0.461 e. The summed E-state index contributed by atoms with van der Waals surface area (Å²) < 4.78 is 25.6. The molecule has 1 amide bonds. The molecule has 1 aliphatic rings. The molecule has 2 rings (SSSR count). The number of ether oxygens (including phenoxy) is 5. The van der Waals surface area contributed by atoms with E-state index in [0.29, 0.717) is 5.56 Å². The fourth-order valence-corrected chi connectivity index (χ4v) is 3.27. The standard InChI is InChI=1S/C25H37NO12/c1-24(2,3)37-22(32)26-15(20(30)34-12-16-17(27)18(28)19(29)21(31)36-16)11-13-7-9-14(10-8-13)35-23(33)38-25(4,5)6/h7-10,15-19,21,27-29,31H,11-12H2,1-6H3,(H,26,32)/t15-,16?,17?,18?,19?,21?/m1/s1. The van der Waals surface area contributed by atoms with Gasteiger partial charge in [-0.05, 0) is 59.2 Å². The minimum atomic E-state index is -1.80. The maximum Gasteiger partial charge on any atom is 0.514 e. The van der Waals surface area contributed by atoms with Gasteiger partial charge in [-0.1, -0.05) is 12.1 Å². The highest BCUT2D eigenvalue weighted by Crippen LogP contribution is 2.21. The predicted octanol–water partition coefficient (Wildman–Crippen LogP) is 0.779. The largest absolute Gasteiger partial charge is 0.514 e. The summed E-state index contributed by atoms with van der Waals surface area (Å²) in [6.07, 6.45) is -10.0. The molecule has 0 saturated carbocycles. The van der Waals surface area contributed by atoms with Gasteiger partial charge in [-0.3, -0.25) is 0 Å². The van der Waals surface area contributed by atoms with Gasteiger partial charge in [-0.25, -0.2) is 14.4 Å². The Labute approximate surface area is 220 Å². The van der Waals surface area contributed by atoms with Crippen LogP contribution in [0.1, 0.15) is 47.1 Å². The van der Waals surface area contributed by atoms with Crippen LogP contribution in [-0.2, 0) is 30.2 Å². The Kier molecular flexibility index (Phi) is 10.5. The molecular formula is C25H37NO12. The van der Waals surface area contributed by atoms with Crippen molar-refractivity contribution in [3.8, 4) is 5.75 Å². The molecule has 5 N–H and O–H groups in total. The van der Waals surface area contributed by atoms with Gasteiger partial charge in [0.05, 0.1) is 0 Å². The molecule has 0 bridgehead atoms. The Morgan fingerprint density at radius 1 is 0.895 bits per heavy atom. The normalized spacial score (nSPS) is 24.6. The van der Waals surface area contributed by atoms with Crippen LogP contribution in [-0.4, -0.2) is 93.2 Å². The number of aliphatic hydroxyl groups is 4. The van der Waals surface area contributed by atoms with Gasteiger partial charge < -0.3 is 49.4 Å². The fraction of sp³-hybridized carbons (Fsp3) is 0.640. The third kappa shape index (κ3) is 10.1. The van der Waals surface area contributed by atoms with Crippen LogP contribution in [0.4, 0.5) is 9.59 Å². The van der Waals surface area contributed by atoms with Crippen LogP contribution in [0.3, 0.4) is 0 Å². The lowest BCUT2D eigenvalue weighted by Gasteiger charge is -2.38. The second-order valence-corrected chi connectivity index (χ2v) is 10.8. The number of benzene rings is 1. The number of esters is 1. The second kappa shape index (κ2) is 12.7. The summed E-state index contributed by atoms with van der Waals surface area (Å²) >= 11 is 0. The number of nitrogens with one attached hydrogen (secondary N) is 1. The van der Waals surface area contributed by atoms with Crippen molar-refractivity contribution in [1.82, 2.24) is 5.32 Å². The Hall–Kier alpha value is -2.97. The monoisotopic (exact) mass is 543 g/mol. The van der Waals surface area contributed by atoms with Crippen LogP contribution >= 0.6 is 0 Å². The summed E-state index contributed by atoms with van der Waals surface area (Å²) in [4.78, 5) is 37.1. The average Bonchev–Trinajstić information content (AvgIpc) is 2.77. The highest BCUT2D eigenvalue weighted by Gasteiger charge is 2.43. The molecule has 1 aromatic carbocycles. The van der Waals surface area contributed by atoms with E-state index in [2.05, 4.69) is 5.32 Å². The van der Waals surface area contributed by atoms with Crippen LogP contribution in [0.2, 0.25) is 0 Å². The molecule has 38 heavy (non-hydrogen) atoms. The molecule has 13 heteroatoms. The molecule has 1 heterocycles. The van der Waals surface area contributed by atoms with Gasteiger partial charge in [0.1, 0.15) is 54.0 Å². The number of amides is 1. The summed E-state index contributed by atoms with van der Waals surface area (Å²) in [7, 11) is 0. The first-order valence-corrected chi connectivity index (χ1v) is 12.0. The Morgan fingerprint density at radius 2 is 1.47 bits per heavy atom. The van der Waals surface area contributed by atoms with Crippen molar-refractivity contribution >= 4 is 18.2 Å². The van der Waals surface area contributed by atoms with Crippen molar-refractivity contribution in [2.24, 2.45) is 0 Å². The highest BCUT2D eigenvalue weighted by atomic mass is 16.7. The molecular weight excluding hydrogens is 506 g/mol. The van der Waals surface area contributed by atoms with E-state index < -0.39 is 72.8 Å². The van der Waals surface area contributed by atoms with Crippen molar-refractivity contribution < 1.29 is 58.5 Å². The maximum atomic E-state index is 12.9. The number of rotatable bonds is 7. The molecule has 0 aromatic heterocycles. The molecule has 0 spiro atoms. The second-order valence-electron chi connectivity index (χ2n) is 10.8. The third-order valence-electron chi connectivity index (χ3n) is 5.01. The van der Waals surface area contributed by atoms with E-state index in [1.54, 1.807) is 53.7 Å². The van der Waals surface area contributed by atoms with E-state index >= 15 is 0 Å². The number of carbonyl (C=O) groups excluding carboxylic acids is 3. The first-order chi connectivity index (χ1) is 17.4. The topological polar surface area (TPSA) is 190 Å². The van der Waals surface area contributed by atoms with E-state index in [9.17, 15) is 34.8 Å². The van der Waals surface area contributed by atoms with Crippen LogP contribution in [0.15, 0.2) is 24.3 Å². The van der Waals surface area contributed by atoms with Crippen LogP contribution in [0.25, 0.3) is 0 Å². The zero-order chi connectivity index (χ0) is 28.8. The average molecular weight is 544 g/mol. The van der Waals surface area contributed by atoms with E-state index in [0.717, 1.165) is 0 Å². The van der Waals surface area contributed by atoms with Crippen molar-refractivity contribution in [2.45, 2.75) is 95.9 Å². The Morgan fingerprint density at radius 3 is 2.03 bits per heavy atom. The molecule has 1 aliphatic heterocycles. The van der Waals surface area contributed by atoms with Gasteiger partial charge in [0, 0.05) is 6.42 Å². The quantitative estimate of drug-likeness (QED) is 0.185. The van der Waals surface area contributed by atoms with Gasteiger partial charge >= 0.3 is 18.2 Å². The van der Waals surface area contributed by atoms with Crippen LogP contribution in [0, 0.1) is 0 Å². The summed E-state index contributed by atoms with van der Waals surface area (Å²) in [5.41, 5.74) is -1.01. The van der Waals surface area contributed by atoms with E-state index in [4.69, 9.17) is 23.7 Å². The van der Waals surface area contributed by atoms with E-state index in [1.807, 2.05) is 0 Å². The highest BCUT2D eigenvalue weighted by molar-refractivity contribution is 5.81. The van der Waals surface area contributed by atoms with Crippen LogP contribution < -0.4 is 10.1 Å². The maximum absolute atomic E-state index is 12.9. The van der Waals surface area contributed by atoms with Crippen molar-refractivity contribution in [1.29, 1.82) is 0 Å². The van der Waals surface area contributed by atoms with E-state index in [1.165, 1.54) is 12.1 Å². The van der Waals surface area contributed by atoms with Gasteiger partial charge in [0.15, 0.2) is 6.29 Å². The smallest absolute Gasteiger partial charge is 0.461 e. The number of hydrogen-bond donors (Lipinski definition) is 5. The fourth-order valence-electron chi connectivity index (χ4n) is 3.27. The molecule has 13 nitrogen and oxygen atoms in total. The number of hydrogen-bond acceptors (Lipinski definition) is 12. The molecule has 214 valence electrons. The van der Waals surface area contributed by atoms with Crippen LogP contribution in [0.5, 0.6) is 5.75 Å². The third-order valence-corrected chi connectivity index (χ3v) is 5.01. The zero-order valence-electron chi connectivity index (χ0n) is 22.2. The predicted molar refractivity (Wildman–Crippen MR) is 130 cm³/mol. The SMILES string of the molecule is CC(C)(C)OC(=O)N[C@H](Cc1ccc(OC(=O)OC(C)(C)C)cc1)C(=O)OCC1OC(O)C(O)C(O)C1O. The summed E-state index contributed by atoms with van der Waals surface area (Å²) in [5.74, 6) is -0.721. The number of alkyl carbamates (subject to hydrolysis) is 1. The summed E-state index contributed by atoms with van der Waals surface area (Å²) in [6, 6.07) is 4.85. The number of aliphatic hydroxyl groups excluding tert-OH is 4. The Bertz CT molecular complexity index is 953. The molecule has 1 saturated heterocycles. The molecule has 0 radical (unpaired) electrons. The molecule has 6 atom stereocenters. The Balaban J connectivity index is 2.08. The molecule has 1 aromatic rings. The summed E-state index contributed by atoms with van der Waals surface area (Å²) in [5, 5.41) is 41.6. The molecule has 1 fully saturated rings. The molecule has 0 aliphatic carbocycles. The van der Waals surface area contributed by atoms with Gasteiger partial charge in [0.25, 0.3) is 0 Å². The van der Waals surface area contributed by atoms with Crippen molar-refractivity contribution in [3.63, 3.8) is 0 Å². The summed E-state index contributed by atoms with van der Waals surface area (Å²) in [6.45, 7) is 9.45. The first kappa shape index (κ1) is 31.2. The van der Waals surface area contributed by atoms with E-state index in [-0.39, 0.29) is 12.2 Å².